The number of nitrogens with zero attached hydrogens (tertiary/aromatic N) is 4. The normalized spacial score (nSPS) is 16.0. The Morgan fingerprint density at radius 1 is 1.38 bits per heavy atom. The zero-order valence-electron chi connectivity index (χ0n) is 14.5. The number of amides is 1. The number of thioether (sulfide) groups is 1. The van der Waals surface area contributed by atoms with E-state index in [1.165, 1.54) is 11.8 Å². The van der Waals surface area contributed by atoms with Crippen molar-refractivity contribution in [1.29, 1.82) is 0 Å². The predicted molar refractivity (Wildman–Crippen MR) is 94.7 cm³/mol. The Hall–Kier alpha value is -1.89. The Morgan fingerprint density at radius 2 is 2.12 bits per heavy atom. The van der Waals surface area contributed by atoms with Crippen LogP contribution in [0.5, 0.6) is 0 Å². The van der Waals surface area contributed by atoms with Gasteiger partial charge in [0.15, 0.2) is 11.0 Å². The molecule has 1 N–H and O–H groups in total. The predicted octanol–water partition coefficient (Wildman–Crippen LogP) is 3.07. The number of hydrogen-bond donors (Lipinski definition) is 1. The number of aromatic nitrogens is 4. The summed E-state index contributed by atoms with van der Waals surface area (Å²) >= 11 is 1.46. The van der Waals surface area contributed by atoms with Gasteiger partial charge in [0.2, 0.25) is 5.91 Å². The number of nitrogens with one attached hydrogen (secondary N) is 1. The summed E-state index contributed by atoms with van der Waals surface area (Å²) in [5.41, 5.74) is 0.715. The highest BCUT2D eigenvalue weighted by Crippen LogP contribution is 2.41. The maximum atomic E-state index is 12.3. The van der Waals surface area contributed by atoms with Crippen molar-refractivity contribution in [2.45, 2.75) is 62.5 Å². The lowest BCUT2D eigenvalue weighted by Gasteiger charge is -2.23. The van der Waals surface area contributed by atoms with E-state index in [4.69, 9.17) is 0 Å². The number of pyridine rings is 1. The molecule has 1 atom stereocenters. The molecule has 128 valence electrons. The van der Waals surface area contributed by atoms with Crippen LogP contribution in [-0.4, -0.2) is 36.4 Å². The lowest BCUT2D eigenvalue weighted by Crippen LogP contribution is -2.44. The van der Waals surface area contributed by atoms with Crippen molar-refractivity contribution in [3.63, 3.8) is 0 Å². The Balaban J connectivity index is 1.82. The Kier molecular flexibility index (Phi) is 4.62. The molecular weight excluding hydrogens is 322 g/mol. The summed E-state index contributed by atoms with van der Waals surface area (Å²) in [6.45, 7) is 7.85. The van der Waals surface area contributed by atoms with E-state index in [1.54, 1.807) is 12.4 Å². The molecule has 1 saturated carbocycles. The minimum atomic E-state index is -0.239. The maximum absolute atomic E-state index is 12.3. The van der Waals surface area contributed by atoms with Crippen LogP contribution in [-0.2, 0) is 4.79 Å². The molecule has 2 aromatic heterocycles. The van der Waals surface area contributed by atoms with Gasteiger partial charge in [-0.2, -0.15) is 0 Å². The van der Waals surface area contributed by atoms with Gasteiger partial charge in [0.25, 0.3) is 0 Å². The van der Waals surface area contributed by atoms with E-state index >= 15 is 0 Å². The minimum absolute atomic E-state index is 0.0146. The van der Waals surface area contributed by atoms with E-state index in [1.807, 2.05) is 39.8 Å². The monoisotopic (exact) mass is 345 g/mol. The first kappa shape index (κ1) is 17.0. The first-order valence-corrected chi connectivity index (χ1v) is 9.07. The molecule has 1 aliphatic carbocycles. The largest absolute Gasteiger partial charge is 0.351 e. The molecule has 0 unspecified atom stereocenters. The Morgan fingerprint density at radius 3 is 2.71 bits per heavy atom. The Labute approximate surface area is 146 Å². The molecule has 6 nitrogen and oxygen atoms in total. The molecule has 3 rings (SSSR count). The molecule has 0 radical (unpaired) electrons. The molecule has 24 heavy (non-hydrogen) atoms. The average molecular weight is 345 g/mol. The SMILES string of the molecule is C[C@H](Sc1nnc(-c2cccnc2)n1C1CC1)C(=O)NC(C)(C)C. The molecule has 0 aromatic carbocycles. The molecule has 2 heterocycles. The van der Waals surface area contributed by atoms with Crippen molar-refractivity contribution in [1.82, 2.24) is 25.1 Å². The first-order chi connectivity index (χ1) is 11.3. The fraction of sp³-hybridized carbons (Fsp3) is 0.529. The van der Waals surface area contributed by atoms with Gasteiger partial charge >= 0.3 is 0 Å². The average Bonchev–Trinajstić information content (AvgIpc) is 3.27. The van der Waals surface area contributed by atoms with E-state index in [0.29, 0.717) is 6.04 Å². The molecule has 1 fully saturated rings. The van der Waals surface area contributed by atoms with Crippen molar-refractivity contribution in [2.75, 3.05) is 0 Å². The molecule has 1 aliphatic rings. The van der Waals surface area contributed by atoms with Gasteiger partial charge in [0, 0.05) is 29.5 Å². The Bertz CT molecular complexity index is 718. The highest BCUT2D eigenvalue weighted by molar-refractivity contribution is 8.00. The third-order valence-corrected chi connectivity index (χ3v) is 4.70. The van der Waals surface area contributed by atoms with Crippen molar-refractivity contribution in [3.05, 3.63) is 24.5 Å². The summed E-state index contributed by atoms with van der Waals surface area (Å²) in [4.78, 5) is 16.5. The van der Waals surface area contributed by atoms with Gasteiger partial charge in [-0.05, 0) is 52.7 Å². The fourth-order valence-electron chi connectivity index (χ4n) is 2.39. The van der Waals surface area contributed by atoms with Crippen LogP contribution in [0.15, 0.2) is 29.7 Å². The minimum Gasteiger partial charge on any atom is -0.351 e. The third kappa shape index (κ3) is 3.95. The van der Waals surface area contributed by atoms with Crippen LogP contribution >= 0.6 is 11.8 Å². The number of rotatable bonds is 5. The van der Waals surface area contributed by atoms with Gasteiger partial charge in [-0.15, -0.1) is 10.2 Å². The summed E-state index contributed by atoms with van der Waals surface area (Å²) in [6.07, 6.45) is 5.80. The molecule has 1 amide bonds. The zero-order valence-corrected chi connectivity index (χ0v) is 15.3. The van der Waals surface area contributed by atoms with Gasteiger partial charge in [-0.1, -0.05) is 11.8 Å². The molecule has 2 aromatic rings. The van der Waals surface area contributed by atoms with Crippen LogP contribution in [0.4, 0.5) is 0 Å². The summed E-state index contributed by atoms with van der Waals surface area (Å²) in [5, 5.41) is 12.3. The van der Waals surface area contributed by atoms with Gasteiger partial charge in [0.1, 0.15) is 0 Å². The van der Waals surface area contributed by atoms with Crippen LogP contribution in [0.3, 0.4) is 0 Å². The van der Waals surface area contributed by atoms with E-state index in [9.17, 15) is 4.79 Å². The molecule has 7 heteroatoms. The molecule has 0 bridgehead atoms. The van der Waals surface area contributed by atoms with Crippen molar-refractivity contribution >= 4 is 17.7 Å². The smallest absolute Gasteiger partial charge is 0.233 e. The summed E-state index contributed by atoms with van der Waals surface area (Å²) in [7, 11) is 0. The maximum Gasteiger partial charge on any atom is 0.233 e. The summed E-state index contributed by atoms with van der Waals surface area (Å²) < 4.78 is 2.16. The van der Waals surface area contributed by atoms with Crippen LogP contribution < -0.4 is 5.32 Å². The lowest BCUT2D eigenvalue weighted by molar-refractivity contribution is -0.121. The van der Waals surface area contributed by atoms with Gasteiger partial charge in [-0.25, -0.2) is 0 Å². The van der Waals surface area contributed by atoms with Crippen molar-refractivity contribution in [2.24, 2.45) is 0 Å². The topological polar surface area (TPSA) is 72.7 Å². The van der Waals surface area contributed by atoms with Gasteiger partial charge in [-0.3, -0.25) is 14.3 Å². The van der Waals surface area contributed by atoms with Gasteiger partial charge in [0.05, 0.1) is 5.25 Å². The van der Waals surface area contributed by atoms with Gasteiger partial charge < -0.3 is 5.32 Å². The fourth-order valence-corrected chi connectivity index (χ4v) is 3.31. The van der Waals surface area contributed by atoms with Crippen LogP contribution in [0.25, 0.3) is 11.4 Å². The lowest BCUT2D eigenvalue weighted by atomic mass is 10.1. The molecular formula is C17H23N5OS. The van der Waals surface area contributed by atoms with E-state index in [0.717, 1.165) is 29.4 Å². The molecule has 0 spiro atoms. The summed E-state index contributed by atoms with van der Waals surface area (Å²) in [6, 6.07) is 4.31. The molecule has 0 saturated heterocycles. The van der Waals surface area contributed by atoms with E-state index in [-0.39, 0.29) is 16.7 Å². The van der Waals surface area contributed by atoms with Crippen LogP contribution in [0, 0.1) is 0 Å². The van der Waals surface area contributed by atoms with Crippen LogP contribution in [0.2, 0.25) is 0 Å². The number of hydrogen-bond acceptors (Lipinski definition) is 5. The van der Waals surface area contributed by atoms with Crippen LogP contribution in [0.1, 0.15) is 46.6 Å². The molecule has 0 aliphatic heterocycles. The van der Waals surface area contributed by atoms with E-state index in [2.05, 4.69) is 25.1 Å². The quantitative estimate of drug-likeness (QED) is 0.843. The highest BCUT2D eigenvalue weighted by Gasteiger charge is 2.32. The zero-order chi connectivity index (χ0) is 17.3. The number of carbonyl (C=O) groups is 1. The number of carbonyl (C=O) groups excluding carboxylic acids is 1. The standard InChI is InChI=1S/C17H23N5OS/c1-11(15(23)19-17(2,3)4)24-16-21-20-14(22(16)13-7-8-13)12-6-5-9-18-10-12/h5-6,9-11,13H,7-8H2,1-4H3,(H,19,23)/t11-/m0/s1. The van der Waals surface area contributed by atoms with Crippen molar-refractivity contribution in [3.8, 4) is 11.4 Å². The second kappa shape index (κ2) is 6.55. The van der Waals surface area contributed by atoms with Crippen molar-refractivity contribution < 1.29 is 4.79 Å². The second-order valence-electron chi connectivity index (χ2n) is 7.15. The highest BCUT2D eigenvalue weighted by atomic mass is 32.2. The van der Waals surface area contributed by atoms with E-state index < -0.39 is 0 Å². The second-order valence-corrected chi connectivity index (χ2v) is 8.46. The third-order valence-electron chi connectivity index (χ3n) is 3.65. The first-order valence-electron chi connectivity index (χ1n) is 8.19. The summed E-state index contributed by atoms with van der Waals surface area (Å²) in [5.74, 6) is 0.845.